The summed E-state index contributed by atoms with van der Waals surface area (Å²) in [6, 6.07) is 12.4. The summed E-state index contributed by atoms with van der Waals surface area (Å²) in [4.78, 5) is 31.5. The second-order valence-corrected chi connectivity index (χ2v) is 12.6. The van der Waals surface area contributed by atoms with E-state index in [0.29, 0.717) is 42.2 Å². The van der Waals surface area contributed by atoms with Crippen LogP contribution < -0.4 is 10.9 Å². The van der Waals surface area contributed by atoms with Gasteiger partial charge in [-0.2, -0.15) is 4.31 Å². The van der Waals surface area contributed by atoms with Crippen molar-refractivity contribution in [2.24, 2.45) is 0 Å². The summed E-state index contributed by atoms with van der Waals surface area (Å²) in [7, 11) is -3.62. The van der Waals surface area contributed by atoms with Crippen LogP contribution in [0.2, 0.25) is 0 Å². The van der Waals surface area contributed by atoms with Gasteiger partial charge in [-0.05, 0) is 66.6 Å². The maximum atomic E-state index is 13.4. The molecule has 1 fully saturated rings. The van der Waals surface area contributed by atoms with Crippen molar-refractivity contribution in [2.45, 2.75) is 37.1 Å². The van der Waals surface area contributed by atoms with E-state index in [2.05, 4.69) is 28.5 Å². The van der Waals surface area contributed by atoms with E-state index in [9.17, 15) is 18.0 Å². The maximum Gasteiger partial charge on any atom is 0.263 e. The lowest BCUT2D eigenvalue weighted by atomic mass is 9.89. The molecule has 4 aromatic rings. The van der Waals surface area contributed by atoms with Crippen LogP contribution in [0.3, 0.4) is 0 Å². The number of fused-ring (bicyclic) bond motifs is 2. The summed E-state index contributed by atoms with van der Waals surface area (Å²) in [5.41, 5.74) is 4.72. The Hall–Kier alpha value is -3.38. The highest BCUT2D eigenvalue weighted by atomic mass is 32.2. The van der Waals surface area contributed by atoms with Crippen molar-refractivity contribution in [1.82, 2.24) is 13.9 Å². The number of nitrogens with zero attached hydrogens (tertiary/aromatic N) is 3. The van der Waals surface area contributed by atoms with Gasteiger partial charge in [-0.1, -0.05) is 18.2 Å². The van der Waals surface area contributed by atoms with E-state index in [1.807, 2.05) is 5.38 Å². The van der Waals surface area contributed by atoms with Gasteiger partial charge in [0.25, 0.3) is 5.56 Å². The van der Waals surface area contributed by atoms with Gasteiger partial charge in [0, 0.05) is 29.7 Å². The van der Waals surface area contributed by atoms with Crippen LogP contribution in [-0.2, 0) is 38.9 Å². The summed E-state index contributed by atoms with van der Waals surface area (Å²) in [6.07, 6.45) is 5.93. The normalized spacial score (nSPS) is 16.2. The molecule has 1 N–H and O–H groups in total. The first-order chi connectivity index (χ1) is 18.9. The van der Waals surface area contributed by atoms with E-state index in [1.165, 1.54) is 62.6 Å². The number of aryl methyl sites for hydroxylation is 2. The lowest BCUT2D eigenvalue weighted by molar-refractivity contribution is -0.116. The fourth-order valence-electron chi connectivity index (χ4n) is 5.20. The largest absolute Gasteiger partial charge is 0.379 e. The molecule has 0 radical (unpaired) electrons. The number of ether oxygens (including phenoxy) is 1. The monoisotopic (exact) mass is 564 g/mol. The number of carbonyl (C=O) groups excluding carboxylic acids is 1. The van der Waals surface area contributed by atoms with Crippen LogP contribution in [0.15, 0.2) is 63.9 Å². The number of carbonyl (C=O) groups is 1. The van der Waals surface area contributed by atoms with Gasteiger partial charge in [-0.25, -0.2) is 13.4 Å². The number of anilines is 1. The molecule has 2 aromatic carbocycles. The zero-order valence-electron chi connectivity index (χ0n) is 21.3. The molecule has 2 aromatic heterocycles. The zero-order valence-corrected chi connectivity index (χ0v) is 22.9. The van der Waals surface area contributed by atoms with E-state index in [1.54, 1.807) is 12.1 Å². The first kappa shape index (κ1) is 25.9. The van der Waals surface area contributed by atoms with Gasteiger partial charge in [-0.3, -0.25) is 14.2 Å². The van der Waals surface area contributed by atoms with Gasteiger partial charge in [-0.15, -0.1) is 11.3 Å². The molecule has 1 amide bonds. The number of sulfonamides is 1. The summed E-state index contributed by atoms with van der Waals surface area (Å²) < 4.78 is 33.6. The van der Waals surface area contributed by atoms with Crippen molar-refractivity contribution in [2.75, 3.05) is 31.6 Å². The fourth-order valence-corrected chi connectivity index (χ4v) is 7.51. The second-order valence-electron chi connectivity index (χ2n) is 9.79. The number of hydrogen-bond donors (Lipinski definition) is 1. The molecule has 0 saturated carbocycles. The van der Waals surface area contributed by atoms with Crippen LogP contribution in [0.25, 0.3) is 21.3 Å². The molecule has 11 heteroatoms. The summed E-state index contributed by atoms with van der Waals surface area (Å²) in [5, 5.41) is 5.22. The van der Waals surface area contributed by atoms with E-state index in [0.717, 1.165) is 24.0 Å². The minimum Gasteiger partial charge on any atom is -0.379 e. The topological polar surface area (TPSA) is 111 Å². The Morgan fingerprint density at radius 1 is 1.03 bits per heavy atom. The van der Waals surface area contributed by atoms with Crippen molar-refractivity contribution < 1.29 is 17.9 Å². The van der Waals surface area contributed by atoms with Gasteiger partial charge < -0.3 is 10.1 Å². The molecule has 0 bridgehead atoms. The highest BCUT2D eigenvalue weighted by Gasteiger charge is 2.26. The van der Waals surface area contributed by atoms with E-state index < -0.39 is 15.9 Å². The van der Waals surface area contributed by atoms with Crippen LogP contribution in [0.1, 0.15) is 24.0 Å². The van der Waals surface area contributed by atoms with E-state index in [-0.39, 0.29) is 17.0 Å². The smallest absolute Gasteiger partial charge is 0.263 e. The Morgan fingerprint density at radius 3 is 2.54 bits per heavy atom. The van der Waals surface area contributed by atoms with Crippen LogP contribution in [0.5, 0.6) is 0 Å². The fraction of sp³-hybridized carbons (Fsp3) is 0.321. The Bertz CT molecular complexity index is 1700. The Kier molecular flexibility index (Phi) is 7.06. The molecular weight excluding hydrogens is 536 g/mol. The summed E-state index contributed by atoms with van der Waals surface area (Å²) >= 11 is 1.42. The Balaban J connectivity index is 1.19. The third kappa shape index (κ3) is 5.14. The molecule has 0 unspecified atom stereocenters. The van der Waals surface area contributed by atoms with Gasteiger partial charge in [0.05, 0.1) is 29.8 Å². The number of nitrogens with one attached hydrogen (secondary N) is 1. The SMILES string of the molecule is O=C(Cn1cnc2scc(-c3ccc4c(c3)CCCC4)c2c1=O)Nc1ccc(S(=O)(=O)N2CCOCC2)cc1. The third-order valence-electron chi connectivity index (χ3n) is 7.28. The molecular formula is C28H28N4O5S2. The third-order valence-corrected chi connectivity index (χ3v) is 10.1. The van der Waals surface area contributed by atoms with E-state index in [4.69, 9.17) is 4.74 Å². The Labute approximate surface area is 230 Å². The molecule has 1 saturated heterocycles. The molecule has 0 spiro atoms. The quantitative estimate of drug-likeness (QED) is 0.383. The molecule has 6 rings (SSSR count). The van der Waals surface area contributed by atoms with Gasteiger partial charge in [0.15, 0.2) is 0 Å². The minimum absolute atomic E-state index is 0.153. The van der Waals surface area contributed by atoms with Crippen molar-refractivity contribution in [3.63, 3.8) is 0 Å². The molecule has 202 valence electrons. The lowest BCUT2D eigenvalue weighted by Gasteiger charge is -2.26. The maximum absolute atomic E-state index is 13.4. The zero-order chi connectivity index (χ0) is 27.0. The number of thiophene rings is 1. The van der Waals surface area contributed by atoms with Crippen LogP contribution in [0, 0.1) is 0 Å². The van der Waals surface area contributed by atoms with E-state index >= 15 is 0 Å². The first-order valence-electron chi connectivity index (χ1n) is 13.0. The van der Waals surface area contributed by atoms with Gasteiger partial charge >= 0.3 is 0 Å². The molecule has 9 nitrogen and oxygen atoms in total. The van der Waals surface area contributed by atoms with Crippen molar-refractivity contribution in [3.8, 4) is 11.1 Å². The standard InChI is InChI=1S/C28H28N4O5S2/c33-25(30-22-7-9-23(10-8-22)39(35,36)32-11-13-37-14-12-32)16-31-18-29-27-26(28(31)34)24(17-38-27)21-6-5-19-3-1-2-4-20(19)15-21/h5-10,15,17-18H,1-4,11-14,16H2,(H,30,33). The molecule has 3 heterocycles. The number of aromatic nitrogens is 2. The number of morpholine rings is 1. The van der Waals surface area contributed by atoms with Crippen molar-refractivity contribution in [1.29, 1.82) is 0 Å². The molecule has 39 heavy (non-hydrogen) atoms. The molecule has 0 atom stereocenters. The average Bonchev–Trinajstić information content (AvgIpc) is 3.40. The van der Waals surface area contributed by atoms with Crippen LogP contribution >= 0.6 is 11.3 Å². The first-order valence-corrected chi connectivity index (χ1v) is 15.3. The van der Waals surface area contributed by atoms with Crippen molar-refractivity contribution >= 4 is 43.2 Å². The molecule has 1 aliphatic carbocycles. The average molecular weight is 565 g/mol. The highest BCUT2D eigenvalue weighted by molar-refractivity contribution is 7.89. The van der Waals surface area contributed by atoms with Gasteiger partial charge in [0.2, 0.25) is 15.9 Å². The molecule has 1 aliphatic heterocycles. The highest BCUT2D eigenvalue weighted by Crippen LogP contribution is 2.33. The number of amides is 1. The number of benzene rings is 2. The predicted octanol–water partition coefficient (Wildman–Crippen LogP) is 3.66. The van der Waals surface area contributed by atoms with Crippen LogP contribution in [-0.4, -0.2) is 54.5 Å². The predicted molar refractivity (Wildman–Crippen MR) is 151 cm³/mol. The summed E-state index contributed by atoms with van der Waals surface area (Å²) in [6.45, 7) is 1.15. The Morgan fingerprint density at radius 2 is 1.77 bits per heavy atom. The summed E-state index contributed by atoms with van der Waals surface area (Å²) in [5.74, 6) is -0.410. The second kappa shape index (κ2) is 10.6. The minimum atomic E-state index is -3.62. The van der Waals surface area contributed by atoms with Crippen molar-refractivity contribution in [3.05, 3.63) is 75.7 Å². The van der Waals surface area contributed by atoms with Crippen LogP contribution in [0.4, 0.5) is 5.69 Å². The number of rotatable bonds is 6. The molecule has 2 aliphatic rings. The van der Waals surface area contributed by atoms with Gasteiger partial charge in [0.1, 0.15) is 11.4 Å². The lowest BCUT2D eigenvalue weighted by Crippen LogP contribution is -2.40. The number of hydrogen-bond acceptors (Lipinski definition) is 7.